The van der Waals surface area contributed by atoms with Crippen molar-refractivity contribution in [3.8, 4) is 17.2 Å². The van der Waals surface area contributed by atoms with Crippen LogP contribution in [0.15, 0.2) is 53.1 Å². The molecule has 0 atom stereocenters. The van der Waals surface area contributed by atoms with Gasteiger partial charge in [0.15, 0.2) is 17.3 Å². The Morgan fingerprint density at radius 2 is 1.75 bits per heavy atom. The van der Waals surface area contributed by atoms with E-state index in [2.05, 4.69) is 21.2 Å². The maximum atomic E-state index is 12.4. The molecular weight excluding hydrogens is 374 g/mol. The molecular formula is C18H18BrNO4. The average Bonchev–Trinajstić information content (AvgIpc) is 2.61. The predicted octanol–water partition coefficient (Wildman–Crippen LogP) is 4.28. The van der Waals surface area contributed by atoms with E-state index in [0.29, 0.717) is 21.5 Å². The third-order valence-corrected chi connectivity index (χ3v) is 3.95. The van der Waals surface area contributed by atoms with Gasteiger partial charge in [0.25, 0.3) is 0 Å². The smallest absolute Gasteiger partial charge is 0.188 e. The number of ether oxygens (including phenoxy) is 3. The van der Waals surface area contributed by atoms with Gasteiger partial charge in [-0.05, 0) is 40.2 Å². The number of hydrogen-bond donors (Lipinski definition) is 1. The molecule has 0 saturated carbocycles. The Labute approximate surface area is 149 Å². The first kappa shape index (κ1) is 17.9. The van der Waals surface area contributed by atoms with E-state index in [0.717, 1.165) is 11.4 Å². The predicted molar refractivity (Wildman–Crippen MR) is 97.3 cm³/mol. The second kappa shape index (κ2) is 8.40. The Morgan fingerprint density at radius 1 is 1.04 bits per heavy atom. The minimum Gasteiger partial charge on any atom is -0.497 e. The van der Waals surface area contributed by atoms with Crippen molar-refractivity contribution in [2.24, 2.45) is 0 Å². The van der Waals surface area contributed by atoms with E-state index in [1.54, 1.807) is 32.6 Å². The Balaban J connectivity index is 2.14. The van der Waals surface area contributed by atoms with Crippen LogP contribution in [-0.4, -0.2) is 27.1 Å². The lowest BCUT2D eigenvalue weighted by molar-refractivity contribution is 0.104. The minimum atomic E-state index is -0.168. The van der Waals surface area contributed by atoms with Crippen molar-refractivity contribution >= 4 is 27.4 Å². The lowest BCUT2D eigenvalue weighted by atomic mass is 10.1. The monoisotopic (exact) mass is 391 g/mol. The lowest BCUT2D eigenvalue weighted by Crippen LogP contribution is -2.00. The van der Waals surface area contributed by atoms with Gasteiger partial charge in [-0.25, -0.2) is 0 Å². The molecule has 6 heteroatoms. The van der Waals surface area contributed by atoms with Crippen LogP contribution >= 0.6 is 15.9 Å². The molecule has 0 aliphatic rings. The molecule has 5 nitrogen and oxygen atoms in total. The molecule has 0 heterocycles. The Bertz CT molecular complexity index is 759. The number of anilines is 1. The molecule has 0 fully saturated rings. The molecule has 24 heavy (non-hydrogen) atoms. The Kier molecular flexibility index (Phi) is 6.26. The number of benzene rings is 2. The number of allylic oxidation sites excluding steroid dienone is 1. The van der Waals surface area contributed by atoms with Crippen molar-refractivity contribution in [2.45, 2.75) is 0 Å². The summed E-state index contributed by atoms with van der Waals surface area (Å²) in [7, 11) is 4.68. The van der Waals surface area contributed by atoms with Crippen LogP contribution in [0.3, 0.4) is 0 Å². The number of rotatable bonds is 7. The quantitative estimate of drug-likeness (QED) is 0.563. The largest absolute Gasteiger partial charge is 0.497 e. The summed E-state index contributed by atoms with van der Waals surface area (Å²) in [5.74, 6) is 1.62. The molecule has 0 aliphatic carbocycles. The topological polar surface area (TPSA) is 56.8 Å². The summed E-state index contributed by atoms with van der Waals surface area (Å²) >= 11 is 3.38. The summed E-state index contributed by atoms with van der Waals surface area (Å²) in [5, 5.41) is 3.04. The van der Waals surface area contributed by atoms with E-state index in [-0.39, 0.29) is 5.78 Å². The molecule has 1 N–H and O–H groups in total. The fourth-order valence-electron chi connectivity index (χ4n) is 2.06. The maximum Gasteiger partial charge on any atom is 0.188 e. The summed E-state index contributed by atoms with van der Waals surface area (Å²) in [6, 6.07) is 10.8. The highest BCUT2D eigenvalue weighted by Crippen LogP contribution is 2.33. The van der Waals surface area contributed by atoms with E-state index in [4.69, 9.17) is 14.2 Å². The van der Waals surface area contributed by atoms with Crippen LogP contribution in [-0.2, 0) is 0 Å². The highest BCUT2D eigenvalue weighted by atomic mass is 79.9. The highest BCUT2D eigenvalue weighted by molar-refractivity contribution is 9.10. The van der Waals surface area contributed by atoms with Gasteiger partial charge in [-0.2, -0.15) is 0 Å². The molecule has 0 aromatic heterocycles. The standard InChI is InChI=1S/C18H18BrNO4/c1-22-13-6-4-5-12(9-13)20-8-7-16(21)14-10-17(23-2)18(24-3)11-15(14)19/h4-11,20H,1-3H3/b8-7+. The second-order valence-corrected chi connectivity index (χ2v) is 5.62. The van der Waals surface area contributed by atoms with Crippen molar-refractivity contribution in [3.05, 3.63) is 58.7 Å². The molecule has 0 spiro atoms. The highest BCUT2D eigenvalue weighted by Gasteiger charge is 2.13. The van der Waals surface area contributed by atoms with Crippen molar-refractivity contribution in [1.29, 1.82) is 0 Å². The zero-order valence-corrected chi connectivity index (χ0v) is 15.2. The molecule has 2 rings (SSSR count). The zero-order chi connectivity index (χ0) is 17.5. The van der Waals surface area contributed by atoms with Crippen molar-refractivity contribution in [1.82, 2.24) is 0 Å². The summed E-state index contributed by atoms with van der Waals surface area (Å²) in [6.45, 7) is 0. The van der Waals surface area contributed by atoms with Crippen LogP contribution in [0.2, 0.25) is 0 Å². The van der Waals surface area contributed by atoms with Gasteiger partial charge in [0.1, 0.15) is 5.75 Å². The molecule has 0 unspecified atom stereocenters. The molecule has 126 valence electrons. The summed E-state index contributed by atoms with van der Waals surface area (Å²) < 4.78 is 16.2. The van der Waals surface area contributed by atoms with Gasteiger partial charge in [-0.15, -0.1) is 0 Å². The number of halogens is 1. The van der Waals surface area contributed by atoms with Gasteiger partial charge in [0.05, 0.1) is 21.3 Å². The van der Waals surface area contributed by atoms with Gasteiger partial charge in [0.2, 0.25) is 0 Å². The van der Waals surface area contributed by atoms with Crippen LogP contribution < -0.4 is 19.5 Å². The molecule has 0 radical (unpaired) electrons. The minimum absolute atomic E-state index is 0.168. The average molecular weight is 392 g/mol. The fourth-order valence-corrected chi connectivity index (χ4v) is 2.58. The van der Waals surface area contributed by atoms with Crippen LogP contribution in [0.5, 0.6) is 17.2 Å². The molecule has 2 aromatic carbocycles. The van der Waals surface area contributed by atoms with Crippen molar-refractivity contribution in [2.75, 3.05) is 26.6 Å². The van der Waals surface area contributed by atoms with Gasteiger partial charge in [-0.3, -0.25) is 4.79 Å². The first-order valence-electron chi connectivity index (χ1n) is 7.12. The number of nitrogens with one attached hydrogen (secondary N) is 1. The molecule has 0 aliphatic heterocycles. The van der Waals surface area contributed by atoms with Crippen LogP contribution in [0.1, 0.15) is 10.4 Å². The molecule has 0 saturated heterocycles. The SMILES string of the molecule is COc1cccc(N/C=C/C(=O)c2cc(OC)c(OC)cc2Br)c1. The van der Waals surface area contributed by atoms with E-state index < -0.39 is 0 Å². The van der Waals surface area contributed by atoms with Gasteiger partial charge in [-0.1, -0.05) is 6.07 Å². The number of hydrogen-bond acceptors (Lipinski definition) is 5. The summed E-state index contributed by atoms with van der Waals surface area (Å²) in [4.78, 5) is 12.4. The van der Waals surface area contributed by atoms with E-state index in [1.807, 2.05) is 24.3 Å². The van der Waals surface area contributed by atoms with Crippen LogP contribution in [0, 0.1) is 0 Å². The third-order valence-electron chi connectivity index (χ3n) is 3.29. The number of carbonyl (C=O) groups excluding carboxylic acids is 1. The van der Waals surface area contributed by atoms with E-state index in [1.165, 1.54) is 13.2 Å². The Hall–Kier alpha value is -2.47. The number of methoxy groups -OCH3 is 3. The van der Waals surface area contributed by atoms with Crippen LogP contribution in [0.4, 0.5) is 5.69 Å². The summed E-state index contributed by atoms with van der Waals surface area (Å²) in [6.07, 6.45) is 3.03. The summed E-state index contributed by atoms with van der Waals surface area (Å²) in [5.41, 5.74) is 1.31. The molecule has 0 amide bonds. The fraction of sp³-hybridized carbons (Fsp3) is 0.167. The first-order chi connectivity index (χ1) is 11.6. The van der Waals surface area contributed by atoms with Gasteiger partial charge < -0.3 is 19.5 Å². The second-order valence-electron chi connectivity index (χ2n) is 4.76. The normalized spacial score (nSPS) is 10.5. The van der Waals surface area contributed by atoms with Crippen molar-refractivity contribution in [3.63, 3.8) is 0 Å². The first-order valence-corrected chi connectivity index (χ1v) is 7.91. The van der Waals surface area contributed by atoms with E-state index in [9.17, 15) is 4.79 Å². The molecule has 2 aromatic rings. The lowest BCUT2D eigenvalue weighted by Gasteiger charge is -2.10. The van der Waals surface area contributed by atoms with Crippen molar-refractivity contribution < 1.29 is 19.0 Å². The third kappa shape index (κ3) is 4.29. The molecule has 0 bridgehead atoms. The van der Waals surface area contributed by atoms with E-state index >= 15 is 0 Å². The number of ketones is 1. The number of carbonyl (C=O) groups is 1. The Morgan fingerprint density at radius 3 is 2.42 bits per heavy atom. The van der Waals surface area contributed by atoms with Gasteiger partial charge >= 0.3 is 0 Å². The van der Waals surface area contributed by atoms with Gasteiger partial charge in [0, 0.05) is 34.1 Å². The zero-order valence-electron chi connectivity index (χ0n) is 13.6. The maximum absolute atomic E-state index is 12.4. The van der Waals surface area contributed by atoms with Crippen LogP contribution in [0.25, 0.3) is 0 Å².